The molecule has 1 heterocycles. The van der Waals surface area contributed by atoms with Crippen molar-refractivity contribution < 1.29 is 23.1 Å². The summed E-state index contributed by atoms with van der Waals surface area (Å²) in [5.41, 5.74) is -3.29. The number of amides is 1. The van der Waals surface area contributed by atoms with E-state index in [2.05, 4.69) is 5.10 Å². The van der Waals surface area contributed by atoms with Crippen LogP contribution in [0.3, 0.4) is 0 Å². The SMILES string of the molecule is N#CCC(=O)N1N=C(c2ccc(Cl)cc2)C[C@]1(O)C(F)(F)F. The van der Waals surface area contributed by atoms with Crippen molar-refractivity contribution in [1.29, 1.82) is 5.26 Å². The smallest absolute Gasteiger partial charge is 0.362 e. The predicted octanol–water partition coefficient (Wildman–Crippen LogP) is 2.44. The number of carbonyl (C=O) groups excluding carboxylic acids is 1. The maximum Gasteiger partial charge on any atom is 0.438 e. The largest absolute Gasteiger partial charge is 0.438 e. The van der Waals surface area contributed by atoms with Crippen molar-refractivity contribution in [1.82, 2.24) is 5.01 Å². The molecule has 1 aromatic carbocycles. The Morgan fingerprint density at radius 1 is 1.45 bits per heavy atom. The maximum absolute atomic E-state index is 13.1. The van der Waals surface area contributed by atoms with Crippen molar-refractivity contribution in [3.8, 4) is 6.07 Å². The Morgan fingerprint density at radius 3 is 2.55 bits per heavy atom. The highest BCUT2D eigenvalue weighted by molar-refractivity contribution is 6.30. The van der Waals surface area contributed by atoms with Crippen LogP contribution < -0.4 is 0 Å². The number of hydrogen-bond acceptors (Lipinski definition) is 4. The molecule has 0 saturated carbocycles. The average Bonchev–Trinajstić information content (AvgIpc) is 2.79. The third-order valence-corrected chi connectivity index (χ3v) is 3.33. The van der Waals surface area contributed by atoms with Gasteiger partial charge < -0.3 is 5.11 Å². The lowest BCUT2D eigenvalue weighted by molar-refractivity contribution is -0.302. The number of alkyl halides is 3. The Morgan fingerprint density at radius 2 is 2.05 bits per heavy atom. The quantitative estimate of drug-likeness (QED) is 0.904. The number of nitrogens with zero attached hydrogens (tertiary/aromatic N) is 3. The van der Waals surface area contributed by atoms with E-state index in [1.54, 1.807) is 0 Å². The summed E-state index contributed by atoms with van der Waals surface area (Å²) in [6.07, 6.45) is -6.86. The van der Waals surface area contributed by atoms with Crippen molar-refractivity contribution in [3.05, 3.63) is 34.9 Å². The molecule has 0 saturated heterocycles. The molecule has 0 unspecified atom stereocenters. The fourth-order valence-electron chi connectivity index (χ4n) is 1.97. The highest BCUT2D eigenvalue weighted by atomic mass is 35.5. The van der Waals surface area contributed by atoms with Crippen LogP contribution in [0, 0.1) is 11.3 Å². The molecule has 1 amide bonds. The first kappa shape index (κ1) is 16.3. The van der Waals surface area contributed by atoms with Crippen LogP contribution in [0.15, 0.2) is 29.4 Å². The standard InChI is InChI=1S/C13H9ClF3N3O2/c14-9-3-1-8(2-4-9)10-7-12(22,13(15,16)17)20(19-10)11(21)5-6-18/h1-4,22H,5,7H2/t12-/m0/s1. The lowest BCUT2D eigenvalue weighted by Gasteiger charge is -2.32. The molecule has 22 heavy (non-hydrogen) atoms. The van der Waals surface area contributed by atoms with E-state index >= 15 is 0 Å². The first-order chi connectivity index (χ1) is 10.2. The first-order valence-electron chi connectivity index (χ1n) is 6.01. The van der Waals surface area contributed by atoms with E-state index in [-0.39, 0.29) is 10.7 Å². The molecule has 1 aliphatic rings. The highest BCUT2D eigenvalue weighted by Gasteiger charge is 2.63. The number of aliphatic hydroxyl groups is 1. The summed E-state index contributed by atoms with van der Waals surface area (Å²) >= 11 is 5.70. The van der Waals surface area contributed by atoms with Crippen LogP contribution in [0.4, 0.5) is 13.2 Å². The van der Waals surface area contributed by atoms with Gasteiger partial charge in [-0.05, 0) is 17.7 Å². The van der Waals surface area contributed by atoms with E-state index in [1.807, 2.05) is 0 Å². The molecule has 0 aromatic heterocycles. The topological polar surface area (TPSA) is 76.7 Å². The summed E-state index contributed by atoms with van der Waals surface area (Å²) in [7, 11) is 0. The fraction of sp³-hybridized carbons (Fsp3) is 0.308. The van der Waals surface area contributed by atoms with E-state index in [0.717, 1.165) is 0 Å². The van der Waals surface area contributed by atoms with Crippen molar-refractivity contribution in [2.45, 2.75) is 24.7 Å². The number of rotatable bonds is 2. The van der Waals surface area contributed by atoms with Gasteiger partial charge in [0.25, 0.3) is 11.6 Å². The molecular weight excluding hydrogens is 323 g/mol. The van der Waals surface area contributed by atoms with Crippen LogP contribution in [0.2, 0.25) is 5.02 Å². The minimum absolute atomic E-state index is 0.0693. The molecule has 0 spiro atoms. The Bertz CT molecular complexity index is 667. The molecule has 1 N–H and O–H groups in total. The van der Waals surface area contributed by atoms with Crippen molar-refractivity contribution in [2.75, 3.05) is 0 Å². The Balaban J connectivity index is 2.43. The predicted molar refractivity (Wildman–Crippen MR) is 70.7 cm³/mol. The molecule has 1 aromatic rings. The number of carbonyl (C=O) groups is 1. The van der Waals surface area contributed by atoms with Gasteiger partial charge in [0.2, 0.25) is 0 Å². The van der Waals surface area contributed by atoms with E-state index in [0.29, 0.717) is 10.6 Å². The molecule has 2 rings (SSSR count). The van der Waals surface area contributed by atoms with Gasteiger partial charge in [-0.15, -0.1) is 0 Å². The van der Waals surface area contributed by atoms with Crippen molar-refractivity contribution >= 4 is 23.2 Å². The van der Waals surface area contributed by atoms with Crippen molar-refractivity contribution in [2.24, 2.45) is 5.10 Å². The molecule has 9 heteroatoms. The van der Waals surface area contributed by atoms with Crippen LogP contribution >= 0.6 is 11.6 Å². The summed E-state index contributed by atoms with van der Waals surface area (Å²) < 4.78 is 39.4. The van der Waals surface area contributed by atoms with Crippen LogP contribution in [0.25, 0.3) is 0 Å². The van der Waals surface area contributed by atoms with E-state index < -0.39 is 30.7 Å². The molecule has 0 aliphatic carbocycles. The number of halogens is 4. The van der Waals surface area contributed by atoms with E-state index in [4.69, 9.17) is 16.9 Å². The molecule has 1 aliphatic heterocycles. The van der Waals surface area contributed by atoms with Crippen LogP contribution in [0.5, 0.6) is 0 Å². The second kappa shape index (κ2) is 5.59. The Labute approximate surface area is 128 Å². The number of benzene rings is 1. The number of hydrogen-bond donors (Lipinski definition) is 1. The van der Waals surface area contributed by atoms with Gasteiger partial charge in [0.1, 0.15) is 6.42 Å². The monoisotopic (exact) mass is 331 g/mol. The van der Waals surface area contributed by atoms with Gasteiger partial charge in [-0.2, -0.15) is 28.5 Å². The lowest BCUT2D eigenvalue weighted by atomic mass is 10.0. The normalized spacial score (nSPS) is 21.5. The molecule has 0 radical (unpaired) electrons. The van der Waals surface area contributed by atoms with Crippen LogP contribution in [-0.4, -0.2) is 33.6 Å². The second-order valence-corrected chi connectivity index (χ2v) is 5.02. The minimum Gasteiger partial charge on any atom is -0.362 e. The van der Waals surface area contributed by atoms with Gasteiger partial charge in [0.15, 0.2) is 0 Å². The van der Waals surface area contributed by atoms with Gasteiger partial charge in [0.05, 0.1) is 18.2 Å². The second-order valence-electron chi connectivity index (χ2n) is 4.59. The zero-order valence-electron chi connectivity index (χ0n) is 10.9. The van der Waals surface area contributed by atoms with E-state index in [1.165, 1.54) is 30.3 Å². The summed E-state index contributed by atoms with van der Waals surface area (Å²) in [6, 6.07) is 7.19. The van der Waals surface area contributed by atoms with Crippen LogP contribution in [0.1, 0.15) is 18.4 Å². The third kappa shape index (κ3) is 2.77. The van der Waals surface area contributed by atoms with Gasteiger partial charge in [-0.25, -0.2) is 0 Å². The zero-order valence-corrected chi connectivity index (χ0v) is 11.7. The lowest BCUT2D eigenvalue weighted by Crippen LogP contribution is -2.56. The van der Waals surface area contributed by atoms with E-state index in [9.17, 15) is 23.1 Å². The average molecular weight is 332 g/mol. The summed E-state index contributed by atoms with van der Waals surface area (Å²) in [6.45, 7) is 0. The molecule has 0 bridgehead atoms. The third-order valence-electron chi connectivity index (χ3n) is 3.08. The minimum atomic E-state index is -5.12. The zero-order chi connectivity index (χ0) is 16.5. The first-order valence-corrected chi connectivity index (χ1v) is 6.39. The van der Waals surface area contributed by atoms with Gasteiger partial charge in [-0.1, -0.05) is 23.7 Å². The highest BCUT2D eigenvalue weighted by Crippen LogP contribution is 2.41. The molecule has 116 valence electrons. The number of nitriles is 1. The molecule has 5 nitrogen and oxygen atoms in total. The Hall–Kier alpha value is -2.11. The Kier molecular flexibility index (Phi) is 4.13. The molecule has 0 fully saturated rings. The number of hydrazone groups is 1. The van der Waals surface area contributed by atoms with Gasteiger partial charge in [-0.3, -0.25) is 4.79 Å². The van der Waals surface area contributed by atoms with Crippen molar-refractivity contribution in [3.63, 3.8) is 0 Å². The van der Waals surface area contributed by atoms with Crippen LogP contribution in [-0.2, 0) is 4.79 Å². The summed E-state index contributed by atoms with van der Waals surface area (Å²) in [5, 5.41) is 22.2. The maximum atomic E-state index is 13.1. The summed E-state index contributed by atoms with van der Waals surface area (Å²) in [4.78, 5) is 11.7. The van der Waals surface area contributed by atoms with Gasteiger partial charge in [0, 0.05) is 5.02 Å². The van der Waals surface area contributed by atoms with Gasteiger partial charge >= 0.3 is 6.18 Å². The molecule has 1 atom stereocenters. The molecular formula is C13H9ClF3N3O2. The summed E-state index contributed by atoms with van der Waals surface area (Å²) in [5.74, 6) is -1.23. The fourth-order valence-corrected chi connectivity index (χ4v) is 2.10.